The van der Waals surface area contributed by atoms with E-state index in [2.05, 4.69) is 6.92 Å². The summed E-state index contributed by atoms with van der Waals surface area (Å²) in [6.45, 7) is 10.3. The van der Waals surface area contributed by atoms with Crippen molar-refractivity contribution in [1.82, 2.24) is 14.0 Å². The van der Waals surface area contributed by atoms with Crippen LogP contribution in [0.1, 0.15) is 18.1 Å². The zero-order chi connectivity index (χ0) is 22.1. The molecular weight excluding hydrogens is 392 g/mol. The van der Waals surface area contributed by atoms with Gasteiger partial charge in [-0.2, -0.15) is 0 Å². The maximum atomic E-state index is 13.5. The smallest absolute Gasteiger partial charge is 0.332 e. The Morgan fingerprint density at radius 1 is 1.00 bits per heavy atom. The zero-order valence-electron chi connectivity index (χ0n) is 18.4. The lowest BCUT2D eigenvalue weighted by Gasteiger charge is -2.31. The molecule has 7 heteroatoms. The summed E-state index contributed by atoms with van der Waals surface area (Å²) in [5.74, 6) is -0.0901. The van der Waals surface area contributed by atoms with Crippen molar-refractivity contribution in [1.29, 1.82) is 0 Å². The highest BCUT2D eigenvalue weighted by atomic mass is 16.2. The van der Waals surface area contributed by atoms with E-state index in [-0.39, 0.29) is 18.0 Å². The molecule has 4 rings (SSSR count). The Labute approximate surface area is 181 Å². The largest absolute Gasteiger partial charge is 0.336 e. The van der Waals surface area contributed by atoms with E-state index in [0.29, 0.717) is 29.7 Å². The number of hydrogen-bond acceptors (Lipinski definition) is 3. The number of carbonyl (C=O) groups is 1. The van der Waals surface area contributed by atoms with Crippen LogP contribution in [-0.4, -0.2) is 52.7 Å². The van der Waals surface area contributed by atoms with Crippen LogP contribution in [0.15, 0.2) is 52.1 Å². The molecule has 162 valence electrons. The lowest BCUT2D eigenvalue weighted by Crippen LogP contribution is -3.14. The summed E-state index contributed by atoms with van der Waals surface area (Å²) >= 11 is 0. The SMILES string of the molecule is CC[NH+]1CCN(C(=O)Cn2c(=O)n(-c3ccc(C)c(C)c3)c(=O)c3ccccc32)CC1. The molecule has 3 aromatic rings. The molecule has 2 aromatic carbocycles. The summed E-state index contributed by atoms with van der Waals surface area (Å²) < 4.78 is 2.62. The van der Waals surface area contributed by atoms with Crippen molar-refractivity contribution in [3.63, 3.8) is 0 Å². The van der Waals surface area contributed by atoms with Crippen LogP contribution in [0.2, 0.25) is 0 Å². The fourth-order valence-electron chi connectivity index (χ4n) is 4.23. The number of aryl methyl sites for hydroxylation is 2. The number of aromatic nitrogens is 2. The summed E-state index contributed by atoms with van der Waals surface area (Å²) in [5.41, 5.74) is 2.23. The Morgan fingerprint density at radius 3 is 2.39 bits per heavy atom. The number of carbonyl (C=O) groups excluding carboxylic acids is 1. The zero-order valence-corrected chi connectivity index (χ0v) is 18.4. The van der Waals surface area contributed by atoms with E-state index in [1.807, 2.05) is 30.9 Å². The van der Waals surface area contributed by atoms with Crippen molar-refractivity contribution in [2.45, 2.75) is 27.3 Å². The van der Waals surface area contributed by atoms with Crippen LogP contribution in [-0.2, 0) is 11.3 Å². The number of amides is 1. The minimum Gasteiger partial charge on any atom is -0.332 e. The molecule has 0 aliphatic carbocycles. The molecule has 1 saturated heterocycles. The molecule has 0 saturated carbocycles. The molecule has 1 aromatic heterocycles. The van der Waals surface area contributed by atoms with Crippen LogP contribution in [0.4, 0.5) is 0 Å². The molecular formula is C24H29N4O3+. The average Bonchev–Trinajstić information content (AvgIpc) is 2.79. The topological polar surface area (TPSA) is 68.8 Å². The number of para-hydroxylation sites is 1. The van der Waals surface area contributed by atoms with Gasteiger partial charge >= 0.3 is 5.69 Å². The summed E-state index contributed by atoms with van der Waals surface area (Å²) in [7, 11) is 0. The normalized spacial score (nSPS) is 14.9. The van der Waals surface area contributed by atoms with Gasteiger partial charge < -0.3 is 9.80 Å². The molecule has 1 fully saturated rings. The molecule has 0 radical (unpaired) electrons. The lowest BCUT2D eigenvalue weighted by atomic mass is 10.1. The minimum atomic E-state index is -0.488. The summed E-state index contributed by atoms with van der Waals surface area (Å²) in [6.07, 6.45) is 0. The van der Waals surface area contributed by atoms with Gasteiger partial charge in [-0.3, -0.25) is 14.2 Å². The van der Waals surface area contributed by atoms with Crippen molar-refractivity contribution in [3.8, 4) is 5.69 Å². The Hall–Kier alpha value is -3.19. The lowest BCUT2D eigenvalue weighted by molar-refractivity contribution is -0.902. The van der Waals surface area contributed by atoms with Crippen molar-refractivity contribution in [3.05, 3.63) is 74.4 Å². The molecule has 1 aliphatic heterocycles. The van der Waals surface area contributed by atoms with Crippen LogP contribution in [0, 0.1) is 13.8 Å². The average molecular weight is 422 g/mol. The summed E-state index contributed by atoms with van der Waals surface area (Å²) in [4.78, 5) is 43.0. The van der Waals surface area contributed by atoms with Gasteiger partial charge in [0.15, 0.2) is 0 Å². The van der Waals surface area contributed by atoms with E-state index in [9.17, 15) is 14.4 Å². The van der Waals surface area contributed by atoms with Crippen LogP contribution < -0.4 is 16.1 Å². The van der Waals surface area contributed by atoms with E-state index < -0.39 is 5.69 Å². The van der Waals surface area contributed by atoms with Gasteiger partial charge in [-0.05, 0) is 56.2 Å². The first-order chi connectivity index (χ1) is 14.9. The van der Waals surface area contributed by atoms with Crippen molar-refractivity contribution >= 4 is 16.8 Å². The molecule has 0 bridgehead atoms. The van der Waals surface area contributed by atoms with E-state index in [1.54, 1.807) is 30.3 Å². The third kappa shape index (κ3) is 3.93. The molecule has 0 spiro atoms. The number of benzene rings is 2. The fraction of sp³-hybridized carbons (Fsp3) is 0.375. The summed E-state index contributed by atoms with van der Waals surface area (Å²) in [6, 6.07) is 12.5. The molecule has 0 atom stereocenters. The molecule has 1 N–H and O–H groups in total. The highest BCUT2D eigenvalue weighted by Gasteiger charge is 2.24. The first-order valence-electron chi connectivity index (χ1n) is 10.8. The number of piperazine rings is 1. The summed E-state index contributed by atoms with van der Waals surface area (Å²) in [5, 5.41) is 0.424. The van der Waals surface area contributed by atoms with Crippen molar-refractivity contribution in [2.24, 2.45) is 0 Å². The van der Waals surface area contributed by atoms with Gasteiger partial charge in [-0.1, -0.05) is 18.2 Å². The number of fused-ring (bicyclic) bond motifs is 1. The standard InChI is InChI=1S/C24H28N4O3/c1-4-25-11-13-26(14-12-25)22(29)16-27-21-8-6-5-7-20(21)23(30)28(24(27)31)19-10-9-17(2)18(3)15-19/h5-10,15H,4,11-14,16H2,1-3H3/p+1. The number of nitrogens with zero attached hydrogens (tertiary/aromatic N) is 3. The Balaban J connectivity index is 1.80. The minimum absolute atomic E-state index is 0.0775. The van der Waals surface area contributed by atoms with E-state index in [4.69, 9.17) is 0 Å². The van der Waals surface area contributed by atoms with Gasteiger partial charge in [-0.15, -0.1) is 0 Å². The maximum Gasteiger partial charge on any atom is 0.336 e. The number of likely N-dealkylation sites (N-methyl/N-ethyl adjacent to an activating group) is 1. The molecule has 1 aliphatic rings. The Morgan fingerprint density at radius 2 is 1.71 bits per heavy atom. The van der Waals surface area contributed by atoms with E-state index in [0.717, 1.165) is 30.8 Å². The molecule has 0 unspecified atom stereocenters. The van der Waals surface area contributed by atoms with Gasteiger partial charge in [0.2, 0.25) is 5.91 Å². The highest BCUT2D eigenvalue weighted by molar-refractivity contribution is 5.82. The van der Waals surface area contributed by atoms with Crippen LogP contribution in [0.5, 0.6) is 0 Å². The van der Waals surface area contributed by atoms with Crippen LogP contribution in [0.25, 0.3) is 16.6 Å². The van der Waals surface area contributed by atoms with Gasteiger partial charge in [0, 0.05) is 0 Å². The second-order valence-electron chi connectivity index (χ2n) is 8.28. The highest BCUT2D eigenvalue weighted by Crippen LogP contribution is 2.14. The van der Waals surface area contributed by atoms with Crippen LogP contribution >= 0.6 is 0 Å². The van der Waals surface area contributed by atoms with Gasteiger partial charge in [0.05, 0.1) is 49.3 Å². The van der Waals surface area contributed by atoms with Gasteiger partial charge in [0.25, 0.3) is 5.56 Å². The first-order valence-corrected chi connectivity index (χ1v) is 10.8. The molecule has 2 heterocycles. The molecule has 1 amide bonds. The van der Waals surface area contributed by atoms with Gasteiger partial charge in [-0.25, -0.2) is 9.36 Å². The van der Waals surface area contributed by atoms with Crippen LogP contribution in [0.3, 0.4) is 0 Å². The third-order valence-electron chi connectivity index (χ3n) is 6.42. The second kappa shape index (κ2) is 8.51. The number of quaternary nitrogens is 1. The Bertz CT molecular complexity index is 1250. The Kier molecular flexibility index (Phi) is 5.78. The number of hydrogen-bond donors (Lipinski definition) is 1. The fourth-order valence-corrected chi connectivity index (χ4v) is 4.23. The maximum absolute atomic E-state index is 13.5. The van der Waals surface area contributed by atoms with E-state index >= 15 is 0 Å². The number of nitrogens with one attached hydrogen (secondary N) is 1. The predicted octanol–water partition coefficient (Wildman–Crippen LogP) is 0.516. The monoisotopic (exact) mass is 421 g/mol. The quantitative estimate of drug-likeness (QED) is 0.668. The van der Waals surface area contributed by atoms with E-state index in [1.165, 1.54) is 14.0 Å². The first kappa shape index (κ1) is 21.1. The van der Waals surface area contributed by atoms with Crippen molar-refractivity contribution in [2.75, 3.05) is 32.7 Å². The number of rotatable bonds is 4. The molecule has 7 nitrogen and oxygen atoms in total. The van der Waals surface area contributed by atoms with Gasteiger partial charge in [0.1, 0.15) is 6.54 Å². The molecule has 31 heavy (non-hydrogen) atoms. The van der Waals surface area contributed by atoms with Crippen molar-refractivity contribution < 1.29 is 9.69 Å². The predicted molar refractivity (Wildman–Crippen MR) is 121 cm³/mol. The second-order valence-corrected chi connectivity index (χ2v) is 8.28. The third-order valence-corrected chi connectivity index (χ3v) is 6.42.